The third-order valence-electron chi connectivity index (χ3n) is 3.26. The quantitative estimate of drug-likeness (QED) is 0.626. The van der Waals surface area contributed by atoms with Crippen molar-refractivity contribution >= 4 is 17.3 Å². The Hall–Kier alpha value is -2.83. The minimum absolute atomic E-state index is 0.0464. The standard InChI is InChI=1S/C13H12N4O3/c14-8-3-1-2-7-4-5-17(11(7)8)12(19)9-6-10(18)16-13(20)15-9/h1-3,6H,4-5,14H2,(H2,15,16,18,20). The zero-order chi connectivity index (χ0) is 14.3. The molecular weight excluding hydrogens is 260 g/mol. The van der Waals surface area contributed by atoms with E-state index in [4.69, 9.17) is 5.73 Å². The Morgan fingerprint density at radius 2 is 2.05 bits per heavy atom. The van der Waals surface area contributed by atoms with Gasteiger partial charge in [-0.05, 0) is 18.1 Å². The minimum Gasteiger partial charge on any atom is -0.397 e. The van der Waals surface area contributed by atoms with Crippen LogP contribution >= 0.6 is 0 Å². The minimum atomic E-state index is -0.707. The molecule has 0 saturated carbocycles. The summed E-state index contributed by atoms with van der Waals surface area (Å²) in [6.45, 7) is 0.469. The predicted molar refractivity (Wildman–Crippen MR) is 73.9 cm³/mol. The number of carbonyl (C=O) groups is 1. The van der Waals surface area contributed by atoms with Gasteiger partial charge < -0.3 is 15.6 Å². The molecule has 0 spiro atoms. The fourth-order valence-corrected chi connectivity index (χ4v) is 2.42. The molecule has 2 aromatic rings. The predicted octanol–water partition coefficient (Wildman–Crippen LogP) is -0.152. The Balaban J connectivity index is 2.06. The van der Waals surface area contributed by atoms with E-state index in [-0.39, 0.29) is 5.69 Å². The number of benzene rings is 1. The van der Waals surface area contributed by atoms with Gasteiger partial charge in [-0.1, -0.05) is 12.1 Å². The molecule has 3 rings (SSSR count). The van der Waals surface area contributed by atoms with E-state index in [2.05, 4.69) is 4.98 Å². The monoisotopic (exact) mass is 272 g/mol. The highest BCUT2D eigenvalue weighted by atomic mass is 16.2. The van der Waals surface area contributed by atoms with Crippen LogP contribution in [0.25, 0.3) is 0 Å². The molecule has 0 radical (unpaired) electrons. The Morgan fingerprint density at radius 1 is 1.25 bits per heavy atom. The second-order valence-electron chi connectivity index (χ2n) is 4.56. The van der Waals surface area contributed by atoms with Gasteiger partial charge in [-0.25, -0.2) is 4.79 Å². The van der Waals surface area contributed by atoms with E-state index < -0.39 is 17.2 Å². The van der Waals surface area contributed by atoms with Gasteiger partial charge in [-0.15, -0.1) is 0 Å². The van der Waals surface area contributed by atoms with E-state index in [1.54, 1.807) is 6.07 Å². The lowest BCUT2D eigenvalue weighted by molar-refractivity contribution is 0.0984. The van der Waals surface area contributed by atoms with Gasteiger partial charge >= 0.3 is 5.69 Å². The van der Waals surface area contributed by atoms with Crippen molar-refractivity contribution in [2.45, 2.75) is 6.42 Å². The summed E-state index contributed by atoms with van der Waals surface area (Å²) in [5.41, 5.74) is 6.67. The number of carbonyl (C=O) groups excluding carboxylic acids is 1. The normalized spacial score (nSPS) is 13.3. The number of nitrogen functional groups attached to an aromatic ring is 1. The highest BCUT2D eigenvalue weighted by Crippen LogP contribution is 2.34. The van der Waals surface area contributed by atoms with Crippen LogP contribution in [-0.4, -0.2) is 22.4 Å². The first kappa shape index (κ1) is 12.2. The second kappa shape index (κ2) is 4.37. The average molecular weight is 272 g/mol. The highest BCUT2D eigenvalue weighted by Gasteiger charge is 2.28. The summed E-state index contributed by atoms with van der Waals surface area (Å²) in [6.07, 6.45) is 0.694. The van der Waals surface area contributed by atoms with Gasteiger partial charge in [0.05, 0.1) is 11.4 Å². The van der Waals surface area contributed by atoms with Crippen LogP contribution < -0.4 is 21.9 Å². The van der Waals surface area contributed by atoms with E-state index in [1.807, 2.05) is 17.1 Å². The van der Waals surface area contributed by atoms with Crippen molar-refractivity contribution in [2.75, 3.05) is 17.2 Å². The molecule has 20 heavy (non-hydrogen) atoms. The van der Waals surface area contributed by atoms with Crippen LogP contribution in [0, 0.1) is 0 Å². The zero-order valence-corrected chi connectivity index (χ0v) is 10.5. The number of H-pyrrole nitrogens is 2. The van der Waals surface area contributed by atoms with Gasteiger partial charge in [-0.2, -0.15) is 0 Å². The molecule has 7 heteroatoms. The Bertz CT molecular complexity index is 777. The smallest absolute Gasteiger partial charge is 0.326 e. The molecule has 1 aliphatic rings. The van der Waals surface area contributed by atoms with Crippen molar-refractivity contribution in [3.05, 3.63) is 56.4 Å². The molecule has 1 amide bonds. The number of nitrogens with two attached hydrogens (primary N) is 1. The van der Waals surface area contributed by atoms with Gasteiger partial charge in [-0.3, -0.25) is 14.6 Å². The van der Waals surface area contributed by atoms with Crippen LogP contribution in [0.4, 0.5) is 11.4 Å². The van der Waals surface area contributed by atoms with Gasteiger partial charge in [0, 0.05) is 12.6 Å². The van der Waals surface area contributed by atoms with Crippen molar-refractivity contribution in [3.63, 3.8) is 0 Å². The van der Waals surface area contributed by atoms with E-state index in [0.29, 0.717) is 24.3 Å². The first-order valence-electron chi connectivity index (χ1n) is 6.09. The van der Waals surface area contributed by atoms with Crippen molar-refractivity contribution in [3.8, 4) is 0 Å². The lowest BCUT2D eigenvalue weighted by atomic mass is 10.1. The summed E-state index contributed by atoms with van der Waals surface area (Å²) < 4.78 is 0. The average Bonchev–Trinajstić information content (AvgIpc) is 2.82. The Labute approximate surface area is 113 Å². The molecule has 0 unspecified atom stereocenters. The molecule has 1 aromatic carbocycles. The van der Waals surface area contributed by atoms with Crippen LogP contribution in [0.3, 0.4) is 0 Å². The fraction of sp³-hybridized carbons (Fsp3) is 0.154. The lowest BCUT2D eigenvalue weighted by Gasteiger charge is -2.18. The molecule has 0 fully saturated rings. The summed E-state index contributed by atoms with van der Waals surface area (Å²) in [6, 6.07) is 6.52. The number of anilines is 2. The van der Waals surface area contributed by atoms with Crippen molar-refractivity contribution < 1.29 is 4.79 Å². The van der Waals surface area contributed by atoms with Crippen molar-refractivity contribution in [2.24, 2.45) is 0 Å². The third-order valence-corrected chi connectivity index (χ3v) is 3.26. The number of aromatic nitrogens is 2. The summed E-state index contributed by atoms with van der Waals surface area (Å²) in [7, 11) is 0. The number of rotatable bonds is 1. The van der Waals surface area contributed by atoms with Gasteiger partial charge in [0.2, 0.25) is 0 Å². The van der Waals surface area contributed by atoms with E-state index in [1.165, 1.54) is 4.90 Å². The topological polar surface area (TPSA) is 112 Å². The SMILES string of the molecule is Nc1cccc2c1N(C(=O)c1cc(=O)[nH]c(=O)[nH]1)CC2. The van der Waals surface area contributed by atoms with E-state index in [0.717, 1.165) is 11.6 Å². The number of nitrogens with zero attached hydrogens (tertiary/aromatic N) is 1. The van der Waals surface area contributed by atoms with Crippen molar-refractivity contribution in [1.82, 2.24) is 9.97 Å². The second-order valence-corrected chi connectivity index (χ2v) is 4.56. The number of hydrogen-bond donors (Lipinski definition) is 3. The summed E-state index contributed by atoms with van der Waals surface area (Å²) in [5, 5.41) is 0. The van der Waals surface area contributed by atoms with Gasteiger partial charge in [0.15, 0.2) is 0 Å². The van der Waals surface area contributed by atoms with Gasteiger partial charge in [0.1, 0.15) is 5.69 Å². The highest BCUT2D eigenvalue weighted by molar-refractivity contribution is 6.07. The zero-order valence-electron chi connectivity index (χ0n) is 10.5. The van der Waals surface area contributed by atoms with Crippen molar-refractivity contribution in [1.29, 1.82) is 0 Å². The van der Waals surface area contributed by atoms with Gasteiger partial charge in [0.25, 0.3) is 11.5 Å². The maximum atomic E-state index is 12.4. The van der Waals surface area contributed by atoms with E-state index in [9.17, 15) is 14.4 Å². The molecule has 1 aromatic heterocycles. The number of nitrogens with one attached hydrogen (secondary N) is 2. The van der Waals surface area contributed by atoms with E-state index >= 15 is 0 Å². The van der Waals surface area contributed by atoms with Crippen LogP contribution in [0.5, 0.6) is 0 Å². The summed E-state index contributed by atoms with van der Waals surface area (Å²) in [5.74, 6) is -0.440. The molecule has 4 N–H and O–H groups in total. The lowest BCUT2D eigenvalue weighted by Crippen LogP contribution is -2.34. The molecule has 1 aliphatic heterocycles. The number of fused-ring (bicyclic) bond motifs is 1. The molecule has 0 saturated heterocycles. The first-order valence-corrected chi connectivity index (χ1v) is 6.09. The first-order chi connectivity index (χ1) is 9.56. The summed E-state index contributed by atoms with van der Waals surface area (Å²) in [4.78, 5) is 40.8. The molecule has 102 valence electrons. The molecule has 2 heterocycles. The Morgan fingerprint density at radius 3 is 2.80 bits per heavy atom. The molecule has 0 atom stereocenters. The molecule has 7 nitrogen and oxygen atoms in total. The number of amides is 1. The largest absolute Gasteiger partial charge is 0.397 e. The maximum Gasteiger partial charge on any atom is 0.326 e. The Kier molecular flexibility index (Phi) is 2.67. The molecular formula is C13H12N4O3. The fourth-order valence-electron chi connectivity index (χ4n) is 2.42. The summed E-state index contributed by atoms with van der Waals surface area (Å²) >= 11 is 0. The maximum absolute atomic E-state index is 12.4. The molecule has 0 aliphatic carbocycles. The number of para-hydroxylation sites is 1. The number of hydrogen-bond acceptors (Lipinski definition) is 4. The third kappa shape index (κ3) is 1.89. The van der Waals surface area contributed by atoms with Crippen LogP contribution in [-0.2, 0) is 6.42 Å². The van der Waals surface area contributed by atoms with Crippen LogP contribution in [0.2, 0.25) is 0 Å². The van der Waals surface area contributed by atoms with Crippen LogP contribution in [0.1, 0.15) is 16.1 Å². The number of aromatic amines is 2. The van der Waals surface area contributed by atoms with Crippen LogP contribution in [0.15, 0.2) is 33.9 Å². The molecule has 0 bridgehead atoms.